The predicted octanol–water partition coefficient (Wildman–Crippen LogP) is 3.24. The number of allylic oxidation sites excluding steroid dienone is 1. The van der Waals surface area contributed by atoms with E-state index in [1.165, 1.54) is 18.4 Å². The average molecular weight is 150 g/mol. The minimum Gasteiger partial charge on any atom is -0.0993 e. The number of fused-ring (bicyclic) bond motifs is 2. The average Bonchev–Trinajstić information content (AvgIpc) is 1.93. The summed E-state index contributed by atoms with van der Waals surface area (Å²) in [4.78, 5) is 0. The molecule has 3 aliphatic rings. The summed E-state index contributed by atoms with van der Waals surface area (Å²) >= 11 is 0. The molecule has 3 unspecified atom stereocenters. The third kappa shape index (κ3) is 0.758. The van der Waals surface area contributed by atoms with E-state index in [-0.39, 0.29) is 0 Å². The Morgan fingerprint density at radius 3 is 2.36 bits per heavy atom. The van der Waals surface area contributed by atoms with Gasteiger partial charge in [-0.1, -0.05) is 32.9 Å². The van der Waals surface area contributed by atoms with Crippen LogP contribution in [0.15, 0.2) is 12.2 Å². The van der Waals surface area contributed by atoms with Crippen molar-refractivity contribution >= 4 is 0 Å². The summed E-state index contributed by atoms with van der Waals surface area (Å²) in [6, 6.07) is 0. The van der Waals surface area contributed by atoms with Crippen molar-refractivity contribution < 1.29 is 0 Å². The van der Waals surface area contributed by atoms with Crippen molar-refractivity contribution in [2.24, 2.45) is 23.2 Å². The van der Waals surface area contributed by atoms with Gasteiger partial charge in [0.05, 0.1) is 0 Å². The maximum absolute atomic E-state index is 4.21. The maximum atomic E-state index is 4.21. The first-order chi connectivity index (χ1) is 5.03. The summed E-state index contributed by atoms with van der Waals surface area (Å²) in [5.41, 5.74) is 2.11. The van der Waals surface area contributed by atoms with E-state index >= 15 is 0 Å². The highest BCUT2D eigenvalue weighted by molar-refractivity contribution is 5.21. The molecule has 11 heavy (non-hydrogen) atoms. The van der Waals surface area contributed by atoms with Crippen LogP contribution in [0.4, 0.5) is 0 Å². The summed E-state index contributed by atoms with van der Waals surface area (Å²) in [7, 11) is 0. The Morgan fingerprint density at radius 2 is 2.00 bits per heavy atom. The summed E-state index contributed by atoms with van der Waals surface area (Å²) in [5.74, 6) is 2.64. The van der Waals surface area contributed by atoms with Crippen LogP contribution in [0, 0.1) is 23.2 Å². The minimum absolute atomic E-state index is 0.587. The molecule has 3 atom stereocenters. The zero-order valence-corrected chi connectivity index (χ0v) is 7.85. The van der Waals surface area contributed by atoms with E-state index < -0.39 is 0 Å². The second-order valence-electron chi connectivity index (χ2n) is 5.02. The molecule has 3 aliphatic carbocycles. The van der Waals surface area contributed by atoms with E-state index in [0.717, 1.165) is 17.8 Å². The fourth-order valence-electron chi connectivity index (χ4n) is 2.97. The molecular formula is C11H18. The van der Waals surface area contributed by atoms with Gasteiger partial charge in [0, 0.05) is 0 Å². The zero-order valence-electron chi connectivity index (χ0n) is 7.85. The first-order valence-corrected chi connectivity index (χ1v) is 4.72. The van der Waals surface area contributed by atoms with Crippen molar-refractivity contribution in [1.82, 2.24) is 0 Å². The standard InChI is InChI=1S/C11H18/c1-7-5-9-6-10(8(7)2)11(9,3)4/h7,9-10H,2,5-6H2,1,3-4H3. The molecule has 0 aromatic rings. The number of hydrogen-bond acceptors (Lipinski definition) is 0. The Labute approximate surface area is 69.7 Å². The summed E-state index contributed by atoms with van der Waals surface area (Å²) in [6.45, 7) is 11.4. The van der Waals surface area contributed by atoms with Crippen LogP contribution in [0.3, 0.4) is 0 Å². The Kier molecular flexibility index (Phi) is 1.28. The SMILES string of the molecule is C=C1C(C)CC2CC1C2(C)C. The van der Waals surface area contributed by atoms with Crippen LogP contribution in [0.1, 0.15) is 33.6 Å². The minimum atomic E-state index is 0.587. The molecule has 62 valence electrons. The quantitative estimate of drug-likeness (QED) is 0.465. The van der Waals surface area contributed by atoms with E-state index in [4.69, 9.17) is 0 Å². The Balaban J connectivity index is 2.23. The van der Waals surface area contributed by atoms with Gasteiger partial charge in [0.25, 0.3) is 0 Å². The molecule has 0 aliphatic heterocycles. The number of hydrogen-bond donors (Lipinski definition) is 0. The molecule has 0 aromatic carbocycles. The molecule has 0 heterocycles. The molecule has 0 heteroatoms. The van der Waals surface area contributed by atoms with Crippen LogP contribution >= 0.6 is 0 Å². The lowest BCUT2D eigenvalue weighted by molar-refractivity contribution is -0.0438. The highest BCUT2D eigenvalue weighted by Gasteiger charge is 2.53. The number of rotatable bonds is 0. The zero-order chi connectivity index (χ0) is 8.22. The van der Waals surface area contributed by atoms with Crippen LogP contribution in [-0.2, 0) is 0 Å². The van der Waals surface area contributed by atoms with Crippen molar-refractivity contribution in [1.29, 1.82) is 0 Å². The largest absolute Gasteiger partial charge is 0.0993 e. The van der Waals surface area contributed by atoms with Gasteiger partial charge < -0.3 is 0 Å². The second-order valence-corrected chi connectivity index (χ2v) is 5.02. The second kappa shape index (κ2) is 1.91. The monoisotopic (exact) mass is 150 g/mol. The van der Waals surface area contributed by atoms with Crippen molar-refractivity contribution in [2.75, 3.05) is 0 Å². The third-order valence-corrected chi connectivity index (χ3v) is 4.19. The fraction of sp³-hybridized carbons (Fsp3) is 0.818. The molecule has 3 saturated carbocycles. The molecule has 0 saturated heterocycles. The van der Waals surface area contributed by atoms with Gasteiger partial charge in [0.15, 0.2) is 0 Å². The van der Waals surface area contributed by atoms with E-state index in [0.29, 0.717) is 5.41 Å². The van der Waals surface area contributed by atoms with Crippen LogP contribution in [0.5, 0.6) is 0 Å². The van der Waals surface area contributed by atoms with Crippen molar-refractivity contribution in [3.8, 4) is 0 Å². The van der Waals surface area contributed by atoms with Crippen LogP contribution in [0.25, 0.3) is 0 Å². The first kappa shape index (κ1) is 7.39. The molecule has 0 aromatic heterocycles. The third-order valence-electron chi connectivity index (χ3n) is 4.19. The summed E-state index contributed by atoms with van der Waals surface area (Å²) in [6.07, 6.45) is 2.82. The maximum Gasteiger partial charge on any atom is -0.0146 e. The molecule has 0 N–H and O–H groups in total. The van der Waals surface area contributed by atoms with Gasteiger partial charge in [-0.25, -0.2) is 0 Å². The van der Waals surface area contributed by atoms with Crippen LogP contribution in [0.2, 0.25) is 0 Å². The van der Waals surface area contributed by atoms with Crippen molar-refractivity contribution in [3.63, 3.8) is 0 Å². The topological polar surface area (TPSA) is 0 Å². The normalized spacial score (nSPS) is 46.8. The molecular weight excluding hydrogens is 132 g/mol. The molecule has 0 radical (unpaired) electrons. The highest BCUT2D eigenvalue weighted by atomic mass is 14.6. The van der Waals surface area contributed by atoms with E-state index in [9.17, 15) is 0 Å². The van der Waals surface area contributed by atoms with E-state index in [1.807, 2.05) is 0 Å². The van der Waals surface area contributed by atoms with Gasteiger partial charge in [-0.2, -0.15) is 0 Å². The van der Waals surface area contributed by atoms with Gasteiger partial charge in [-0.15, -0.1) is 0 Å². The molecule has 2 bridgehead atoms. The van der Waals surface area contributed by atoms with E-state index in [2.05, 4.69) is 27.4 Å². The lowest BCUT2D eigenvalue weighted by Crippen LogP contribution is -2.51. The summed E-state index contributed by atoms with van der Waals surface area (Å²) in [5, 5.41) is 0. The predicted molar refractivity (Wildman–Crippen MR) is 48.3 cm³/mol. The smallest absolute Gasteiger partial charge is 0.0146 e. The van der Waals surface area contributed by atoms with Gasteiger partial charge in [-0.3, -0.25) is 0 Å². The van der Waals surface area contributed by atoms with Gasteiger partial charge in [0.1, 0.15) is 0 Å². The van der Waals surface area contributed by atoms with Gasteiger partial charge >= 0.3 is 0 Å². The van der Waals surface area contributed by atoms with Crippen LogP contribution < -0.4 is 0 Å². The lowest BCUT2D eigenvalue weighted by atomic mass is 9.45. The van der Waals surface area contributed by atoms with Gasteiger partial charge in [-0.05, 0) is 36.0 Å². The van der Waals surface area contributed by atoms with Crippen molar-refractivity contribution in [2.45, 2.75) is 33.6 Å². The highest BCUT2D eigenvalue weighted by Crippen LogP contribution is 2.62. The van der Waals surface area contributed by atoms with Crippen molar-refractivity contribution in [3.05, 3.63) is 12.2 Å². The summed E-state index contributed by atoms with van der Waals surface area (Å²) < 4.78 is 0. The fourth-order valence-corrected chi connectivity index (χ4v) is 2.97. The molecule has 0 amide bonds. The molecule has 0 spiro atoms. The Hall–Kier alpha value is -0.260. The van der Waals surface area contributed by atoms with Crippen LogP contribution in [-0.4, -0.2) is 0 Å². The molecule has 3 fully saturated rings. The molecule has 0 nitrogen and oxygen atoms in total. The Bertz CT molecular complexity index is 200. The van der Waals surface area contributed by atoms with Gasteiger partial charge in [0.2, 0.25) is 0 Å². The van der Waals surface area contributed by atoms with E-state index in [1.54, 1.807) is 0 Å². The Morgan fingerprint density at radius 1 is 1.36 bits per heavy atom. The molecule has 3 rings (SSSR count). The lowest BCUT2D eigenvalue weighted by Gasteiger charge is -2.59. The first-order valence-electron chi connectivity index (χ1n) is 4.72.